The van der Waals surface area contributed by atoms with Crippen LogP contribution in [-0.4, -0.2) is 20.6 Å². The minimum absolute atomic E-state index is 0.00116. The van der Waals surface area contributed by atoms with Crippen molar-refractivity contribution in [3.05, 3.63) is 63.5 Å². The van der Waals surface area contributed by atoms with Crippen LogP contribution >= 0.6 is 39.1 Å². The fraction of sp³-hybridized carbons (Fsp3) is 0.176. The number of halogens is 6. The average Bonchev–Trinajstić information content (AvgIpc) is 2.95. The zero-order valence-corrected chi connectivity index (χ0v) is 16.5. The Balaban J connectivity index is 2.09. The predicted octanol–water partition coefficient (Wildman–Crippen LogP) is 5.85. The van der Waals surface area contributed by atoms with Crippen molar-refractivity contribution in [3.8, 4) is 0 Å². The summed E-state index contributed by atoms with van der Waals surface area (Å²) in [6, 6.07) is 7.56. The SMILES string of the molecule is O=C(Nc1cccn2c(CCBr)c(C(F)(F)F)nc12)c1c(Cl)cccc1Cl. The molecule has 0 radical (unpaired) electrons. The zero-order valence-electron chi connectivity index (χ0n) is 13.4. The monoisotopic (exact) mass is 479 g/mol. The number of anilines is 1. The van der Waals surface area contributed by atoms with E-state index in [0.29, 0.717) is 5.33 Å². The van der Waals surface area contributed by atoms with E-state index in [1.54, 1.807) is 6.07 Å². The van der Waals surface area contributed by atoms with Crippen molar-refractivity contribution >= 4 is 56.4 Å². The summed E-state index contributed by atoms with van der Waals surface area (Å²) in [7, 11) is 0. The van der Waals surface area contributed by atoms with E-state index in [4.69, 9.17) is 23.2 Å². The number of carbonyl (C=O) groups excluding carboxylic acids is 1. The lowest BCUT2D eigenvalue weighted by molar-refractivity contribution is -0.141. The van der Waals surface area contributed by atoms with Crippen molar-refractivity contribution < 1.29 is 18.0 Å². The molecular weight excluding hydrogens is 470 g/mol. The lowest BCUT2D eigenvalue weighted by Gasteiger charge is -2.10. The number of hydrogen-bond acceptors (Lipinski definition) is 2. The van der Waals surface area contributed by atoms with Gasteiger partial charge in [-0.1, -0.05) is 45.2 Å². The number of amides is 1. The summed E-state index contributed by atoms with van der Waals surface area (Å²) in [5.41, 5.74) is -0.853. The van der Waals surface area contributed by atoms with Crippen LogP contribution in [-0.2, 0) is 12.6 Å². The molecule has 10 heteroatoms. The maximum atomic E-state index is 13.4. The van der Waals surface area contributed by atoms with E-state index in [2.05, 4.69) is 26.2 Å². The van der Waals surface area contributed by atoms with E-state index < -0.39 is 17.8 Å². The van der Waals surface area contributed by atoms with Crippen LogP contribution in [0.5, 0.6) is 0 Å². The molecule has 0 atom stereocenters. The highest BCUT2D eigenvalue weighted by Gasteiger charge is 2.38. The van der Waals surface area contributed by atoms with Gasteiger partial charge < -0.3 is 9.72 Å². The number of carbonyl (C=O) groups is 1. The number of fused-ring (bicyclic) bond motifs is 1. The van der Waals surface area contributed by atoms with Gasteiger partial charge in [-0.15, -0.1) is 0 Å². The third-order valence-electron chi connectivity index (χ3n) is 3.79. The summed E-state index contributed by atoms with van der Waals surface area (Å²) in [5, 5.41) is 3.14. The van der Waals surface area contributed by atoms with E-state index in [-0.39, 0.29) is 39.1 Å². The molecule has 27 heavy (non-hydrogen) atoms. The fourth-order valence-corrected chi connectivity index (χ4v) is 3.61. The molecule has 0 aliphatic carbocycles. The lowest BCUT2D eigenvalue weighted by atomic mass is 10.2. The highest BCUT2D eigenvalue weighted by molar-refractivity contribution is 9.09. The molecule has 0 saturated carbocycles. The number of pyridine rings is 1. The smallest absolute Gasteiger partial charge is 0.319 e. The summed E-state index contributed by atoms with van der Waals surface area (Å²) in [4.78, 5) is 16.3. The van der Waals surface area contributed by atoms with Gasteiger partial charge in [0.25, 0.3) is 5.91 Å². The van der Waals surface area contributed by atoms with E-state index in [9.17, 15) is 18.0 Å². The van der Waals surface area contributed by atoms with Crippen molar-refractivity contribution in [1.82, 2.24) is 9.38 Å². The molecule has 0 aliphatic heterocycles. The average molecular weight is 481 g/mol. The third-order valence-corrected chi connectivity index (χ3v) is 4.81. The summed E-state index contributed by atoms with van der Waals surface area (Å²) < 4.78 is 41.4. The maximum Gasteiger partial charge on any atom is 0.435 e. The topological polar surface area (TPSA) is 46.4 Å². The van der Waals surface area contributed by atoms with E-state index in [1.165, 1.54) is 34.9 Å². The summed E-state index contributed by atoms with van der Waals surface area (Å²) in [6.07, 6.45) is -3.03. The minimum atomic E-state index is -4.61. The number of benzene rings is 1. The molecular formula is C17H11BrCl2F3N3O. The minimum Gasteiger partial charge on any atom is -0.319 e. The van der Waals surface area contributed by atoms with Gasteiger partial charge in [0.05, 0.1) is 27.0 Å². The third kappa shape index (κ3) is 3.93. The summed E-state index contributed by atoms with van der Waals surface area (Å²) >= 11 is 15.2. The Hall–Kier alpha value is -1.77. The fourth-order valence-electron chi connectivity index (χ4n) is 2.67. The molecule has 0 spiro atoms. The van der Waals surface area contributed by atoms with Gasteiger partial charge in [-0.3, -0.25) is 4.79 Å². The molecule has 0 fully saturated rings. The van der Waals surface area contributed by atoms with Crippen molar-refractivity contribution in [2.45, 2.75) is 12.6 Å². The standard InChI is InChI=1S/C17H11BrCl2F3N3O/c18-7-6-12-14(17(21,22)23)25-15-11(5-2-8-26(12)15)24-16(27)13-9(19)3-1-4-10(13)20/h1-5,8H,6-7H2,(H,24,27). The zero-order chi connectivity index (χ0) is 19.8. The van der Waals surface area contributed by atoms with Crippen LogP contribution in [0.15, 0.2) is 36.5 Å². The number of imidazole rings is 1. The number of rotatable bonds is 4. The van der Waals surface area contributed by atoms with Gasteiger partial charge in [0.2, 0.25) is 0 Å². The second kappa shape index (κ2) is 7.69. The van der Waals surface area contributed by atoms with Crippen LogP contribution in [0.4, 0.5) is 18.9 Å². The first-order chi connectivity index (χ1) is 12.7. The Morgan fingerprint density at radius 2 is 1.85 bits per heavy atom. The molecule has 1 aromatic carbocycles. The number of hydrogen-bond donors (Lipinski definition) is 1. The second-order valence-electron chi connectivity index (χ2n) is 5.51. The molecule has 3 aromatic rings. The molecule has 3 rings (SSSR count). The van der Waals surface area contributed by atoms with Crippen molar-refractivity contribution in [2.24, 2.45) is 0 Å². The molecule has 0 aliphatic rings. The number of alkyl halides is 4. The molecule has 2 aromatic heterocycles. The van der Waals surface area contributed by atoms with Gasteiger partial charge in [0.15, 0.2) is 11.3 Å². The first-order valence-corrected chi connectivity index (χ1v) is 9.50. The molecule has 0 saturated heterocycles. The van der Waals surface area contributed by atoms with Crippen molar-refractivity contribution in [1.29, 1.82) is 0 Å². The lowest BCUT2D eigenvalue weighted by Crippen LogP contribution is -2.14. The van der Waals surface area contributed by atoms with E-state index in [0.717, 1.165) is 0 Å². The van der Waals surface area contributed by atoms with Crippen molar-refractivity contribution in [3.63, 3.8) is 0 Å². The molecule has 1 amide bonds. The van der Waals surface area contributed by atoms with Gasteiger partial charge in [-0.2, -0.15) is 13.2 Å². The van der Waals surface area contributed by atoms with Gasteiger partial charge in [-0.05, 0) is 30.7 Å². The highest BCUT2D eigenvalue weighted by atomic mass is 79.9. The Kier molecular flexibility index (Phi) is 5.69. The van der Waals surface area contributed by atoms with Crippen LogP contribution in [0.1, 0.15) is 21.7 Å². The van der Waals surface area contributed by atoms with Gasteiger partial charge in [-0.25, -0.2) is 4.98 Å². The molecule has 142 valence electrons. The maximum absolute atomic E-state index is 13.4. The van der Waals surface area contributed by atoms with E-state index in [1.807, 2.05) is 0 Å². The van der Waals surface area contributed by atoms with Crippen LogP contribution < -0.4 is 5.32 Å². The number of nitrogens with zero attached hydrogens (tertiary/aromatic N) is 2. The van der Waals surface area contributed by atoms with Crippen LogP contribution in [0, 0.1) is 0 Å². The Labute approximate surface area is 170 Å². The first-order valence-electron chi connectivity index (χ1n) is 7.62. The largest absolute Gasteiger partial charge is 0.435 e. The number of aromatic nitrogens is 2. The quantitative estimate of drug-likeness (QED) is 0.476. The molecule has 4 nitrogen and oxygen atoms in total. The molecule has 1 N–H and O–H groups in total. The number of aryl methyl sites for hydroxylation is 1. The van der Waals surface area contributed by atoms with Crippen LogP contribution in [0.3, 0.4) is 0 Å². The predicted molar refractivity (Wildman–Crippen MR) is 102 cm³/mol. The normalized spacial score (nSPS) is 11.8. The summed E-state index contributed by atoms with van der Waals surface area (Å²) in [5.74, 6) is -0.641. The van der Waals surface area contributed by atoms with Crippen LogP contribution in [0.2, 0.25) is 10.0 Å². The first kappa shape index (κ1) is 20.0. The van der Waals surface area contributed by atoms with Crippen LogP contribution in [0.25, 0.3) is 5.65 Å². The Morgan fingerprint density at radius 3 is 2.44 bits per heavy atom. The molecule has 0 unspecified atom stereocenters. The van der Waals surface area contributed by atoms with E-state index >= 15 is 0 Å². The Bertz CT molecular complexity index is 1000. The second-order valence-corrected chi connectivity index (χ2v) is 7.12. The molecule has 2 heterocycles. The number of nitrogens with one attached hydrogen (secondary N) is 1. The Morgan fingerprint density at radius 1 is 1.19 bits per heavy atom. The van der Waals surface area contributed by atoms with Crippen molar-refractivity contribution in [2.75, 3.05) is 10.6 Å². The van der Waals surface area contributed by atoms with Gasteiger partial charge in [0, 0.05) is 11.5 Å². The molecule has 0 bridgehead atoms. The van der Waals surface area contributed by atoms with Gasteiger partial charge in [0.1, 0.15) is 0 Å². The summed E-state index contributed by atoms with van der Waals surface area (Å²) in [6.45, 7) is 0. The van der Waals surface area contributed by atoms with Gasteiger partial charge >= 0.3 is 6.18 Å². The highest BCUT2D eigenvalue weighted by Crippen LogP contribution is 2.34.